The Kier molecular flexibility index (Phi) is 7.43. The number of esters is 1. The number of hydrogen-bond donors (Lipinski definition) is 1. The van der Waals surface area contributed by atoms with Gasteiger partial charge >= 0.3 is 12.1 Å². The van der Waals surface area contributed by atoms with Crippen LogP contribution in [0.5, 0.6) is 0 Å². The predicted octanol–water partition coefficient (Wildman–Crippen LogP) is 6.52. The number of likely N-dealkylation sites (tertiary alicyclic amines) is 1. The second kappa shape index (κ2) is 11.6. The Hall–Kier alpha value is -4.85. The van der Waals surface area contributed by atoms with Gasteiger partial charge in [0.05, 0.1) is 13.2 Å². The molecule has 3 atom stereocenters. The highest BCUT2D eigenvalue weighted by Crippen LogP contribution is 2.45. The number of nitrogens with one attached hydrogen (secondary N) is 1. The zero-order chi connectivity index (χ0) is 31.2. The van der Waals surface area contributed by atoms with Crippen molar-refractivity contribution in [3.63, 3.8) is 0 Å². The maximum atomic E-state index is 14.6. The third-order valence-electron chi connectivity index (χ3n) is 9.50. The van der Waals surface area contributed by atoms with Crippen LogP contribution in [0.1, 0.15) is 61.0 Å². The number of ether oxygens (including phenoxy) is 2. The molecule has 1 saturated heterocycles. The van der Waals surface area contributed by atoms with Crippen LogP contribution in [0.2, 0.25) is 0 Å². The number of H-pyrrole nitrogens is 1. The molecule has 2 amide bonds. The maximum Gasteiger partial charge on any atom is 0.410 e. The van der Waals surface area contributed by atoms with Gasteiger partial charge in [0.2, 0.25) is 5.91 Å². The minimum Gasteiger partial charge on any atom is -0.467 e. The standard InChI is InChI=1S/C37H37N3O5/c1-22(2)19-32-34-28(27-15-8-9-16-30(27)38-34)20-33(36(42)44-3)40(32)35(41)31-17-10-18-39(31)37(43)45-21-29-25-13-6-4-11-23(25)24-12-5-7-14-26(24)29/h4-9,11-16,19,29,31-33,38H,10,17-18,20-21H2,1-3H3/t31-,32-,33-/m0/s1. The van der Waals surface area contributed by atoms with Gasteiger partial charge in [0.15, 0.2) is 0 Å². The third-order valence-corrected chi connectivity index (χ3v) is 9.50. The largest absolute Gasteiger partial charge is 0.467 e. The quantitative estimate of drug-likeness (QED) is 0.207. The molecule has 8 nitrogen and oxygen atoms in total. The summed E-state index contributed by atoms with van der Waals surface area (Å²) >= 11 is 0. The fraction of sp³-hybridized carbons (Fsp3) is 0.324. The molecule has 0 unspecified atom stereocenters. The normalized spacial score (nSPS) is 20.4. The summed E-state index contributed by atoms with van der Waals surface area (Å²) in [6.07, 6.45) is 2.98. The van der Waals surface area contributed by atoms with E-state index in [1.54, 1.807) is 9.80 Å². The van der Waals surface area contributed by atoms with Crippen molar-refractivity contribution >= 4 is 28.9 Å². The van der Waals surface area contributed by atoms with Gasteiger partial charge in [-0.2, -0.15) is 0 Å². The first-order chi connectivity index (χ1) is 21.9. The highest BCUT2D eigenvalue weighted by molar-refractivity contribution is 5.93. The van der Waals surface area contributed by atoms with Crippen molar-refractivity contribution in [1.82, 2.24) is 14.8 Å². The van der Waals surface area contributed by atoms with Gasteiger partial charge in [-0.15, -0.1) is 0 Å². The number of para-hydroxylation sites is 1. The first kappa shape index (κ1) is 28.9. The number of hydrogen-bond acceptors (Lipinski definition) is 5. The molecular formula is C37H37N3O5. The Balaban J connectivity index is 1.17. The SMILES string of the molecule is COC(=O)[C@@H]1Cc2c([nH]c3ccccc23)[C@H](C=C(C)C)N1C(=O)[C@@H]1CCCN1C(=O)OCC1c2ccccc2-c2ccccc21. The van der Waals surface area contributed by atoms with Gasteiger partial charge < -0.3 is 19.4 Å². The van der Waals surface area contributed by atoms with Crippen molar-refractivity contribution in [2.45, 2.75) is 57.2 Å². The highest BCUT2D eigenvalue weighted by atomic mass is 16.6. The molecule has 230 valence electrons. The zero-order valence-corrected chi connectivity index (χ0v) is 25.8. The smallest absolute Gasteiger partial charge is 0.410 e. The Bertz CT molecular complexity index is 1790. The lowest BCUT2D eigenvalue weighted by Crippen LogP contribution is -2.57. The van der Waals surface area contributed by atoms with E-state index in [1.807, 2.05) is 68.5 Å². The number of aromatic nitrogens is 1. The second-order valence-corrected chi connectivity index (χ2v) is 12.4. The molecule has 3 aromatic carbocycles. The van der Waals surface area contributed by atoms with Crippen LogP contribution in [0, 0.1) is 0 Å². The molecule has 3 aliphatic rings. The summed E-state index contributed by atoms with van der Waals surface area (Å²) < 4.78 is 11.2. The first-order valence-corrected chi connectivity index (χ1v) is 15.6. The molecule has 1 aliphatic carbocycles. The molecular weight excluding hydrogens is 566 g/mol. The molecule has 0 spiro atoms. The monoisotopic (exact) mass is 603 g/mol. The Labute approximate surface area is 262 Å². The average molecular weight is 604 g/mol. The topological polar surface area (TPSA) is 91.9 Å². The molecule has 4 aromatic rings. The lowest BCUT2D eigenvalue weighted by atomic mass is 9.89. The van der Waals surface area contributed by atoms with E-state index in [4.69, 9.17) is 9.47 Å². The van der Waals surface area contributed by atoms with Gasteiger partial charge in [0.1, 0.15) is 18.7 Å². The van der Waals surface area contributed by atoms with Crippen molar-refractivity contribution in [2.75, 3.05) is 20.3 Å². The van der Waals surface area contributed by atoms with E-state index in [-0.39, 0.29) is 18.4 Å². The van der Waals surface area contributed by atoms with Gasteiger partial charge in [0, 0.05) is 35.5 Å². The van der Waals surface area contributed by atoms with Crippen molar-refractivity contribution in [2.24, 2.45) is 0 Å². The molecule has 1 aromatic heterocycles. The van der Waals surface area contributed by atoms with Crippen LogP contribution in [-0.4, -0.2) is 65.1 Å². The number of fused-ring (bicyclic) bond motifs is 6. The van der Waals surface area contributed by atoms with Crippen LogP contribution in [-0.2, 0) is 25.5 Å². The van der Waals surface area contributed by atoms with E-state index in [9.17, 15) is 14.4 Å². The Morgan fingerprint density at radius 1 is 0.911 bits per heavy atom. The number of aromatic amines is 1. The number of rotatable bonds is 5. The number of methoxy groups -OCH3 is 1. The van der Waals surface area contributed by atoms with Crippen LogP contribution in [0.25, 0.3) is 22.0 Å². The van der Waals surface area contributed by atoms with Crippen LogP contribution >= 0.6 is 0 Å². The fourth-order valence-electron chi connectivity index (χ4n) is 7.51. The van der Waals surface area contributed by atoms with Gasteiger partial charge in [-0.3, -0.25) is 9.69 Å². The van der Waals surface area contributed by atoms with Crippen LogP contribution < -0.4 is 0 Å². The van der Waals surface area contributed by atoms with E-state index < -0.39 is 30.2 Å². The lowest BCUT2D eigenvalue weighted by molar-refractivity contribution is -0.156. The van der Waals surface area contributed by atoms with Crippen molar-refractivity contribution in [1.29, 1.82) is 0 Å². The lowest BCUT2D eigenvalue weighted by Gasteiger charge is -2.41. The number of nitrogens with zero attached hydrogens (tertiary/aromatic N) is 2. The van der Waals surface area contributed by atoms with Gasteiger partial charge in [-0.25, -0.2) is 9.59 Å². The fourth-order valence-corrected chi connectivity index (χ4v) is 7.51. The molecule has 0 radical (unpaired) electrons. The van der Waals surface area contributed by atoms with E-state index in [0.717, 1.165) is 50.0 Å². The number of benzene rings is 3. The third kappa shape index (κ3) is 4.89. The highest BCUT2D eigenvalue weighted by Gasteiger charge is 2.47. The van der Waals surface area contributed by atoms with E-state index >= 15 is 0 Å². The van der Waals surface area contributed by atoms with Crippen LogP contribution in [0.3, 0.4) is 0 Å². The van der Waals surface area contributed by atoms with Gasteiger partial charge in [-0.05, 0) is 60.6 Å². The second-order valence-electron chi connectivity index (χ2n) is 12.4. The van der Waals surface area contributed by atoms with Crippen molar-refractivity contribution < 1.29 is 23.9 Å². The van der Waals surface area contributed by atoms with E-state index in [1.165, 1.54) is 7.11 Å². The summed E-state index contributed by atoms with van der Waals surface area (Å²) in [5, 5.41) is 1.03. The summed E-state index contributed by atoms with van der Waals surface area (Å²) in [4.78, 5) is 48.3. The number of carbonyl (C=O) groups excluding carboxylic acids is 3. The van der Waals surface area contributed by atoms with E-state index in [0.29, 0.717) is 25.8 Å². The molecule has 7 rings (SSSR count). The molecule has 45 heavy (non-hydrogen) atoms. The summed E-state index contributed by atoms with van der Waals surface area (Å²) in [5.41, 5.74) is 8.43. The minimum atomic E-state index is -0.834. The summed E-state index contributed by atoms with van der Waals surface area (Å²) in [6, 6.07) is 22.3. The number of carbonyl (C=O) groups is 3. The summed E-state index contributed by atoms with van der Waals surface area (Å²) in [6.45, 7) is 4.54. The average Bonchev–Trinajstić information content (AvgIpc) is 3.77. The molecule has 1 fully saturated rings. The molecule has 3 heterocycles. The summed E-state index contributed by atoms with van der Waals surface area (Å²) in [5.74, 6) is -0.827. The molecule has 8 heteroatoms. The van der Waals surface area contributed by atoms with Crippen molar-refractivity contribution in [3.8, 4) is 11.1 Å². The predicted molar refractivity (Wildman–Crippen MR) is 172 cm³/mol. The number of allylic oxidation sites excluding steroid dienone is 1. The molecule has 2 aliphatic heterocycles. The van der Waals surface area contributed by atoms with Gasteiger partial charge in [-0.1, -0.05) is 78.4 Å². The molecule has 0 bridgehead atoms. The first-order valence-electron chi connectivity index (χ1n) is 15.6. The minimum absolute atomic E-state index is 0.0774. The molecule has 1 N–H and O–H groups in total. The van der Waals surface area contributed by atoms with Crippen molar-refractivity contribution in [3.05, 3.63) is 107 Å². The van der Waals surface area contributed by atoms with Crippen LogP contribution in [0.4, 0.5) is 4.79 Å². The van der Waals surface area contributed by atoms with Gasteiger partial charge in [0.25, 0.3) is 0 Å². The number of amides is 2. The summed E-state index contributed by atoms with van der Waals surface area (Å²) in [7, 11) is 1.35. The van der Waals surface area contributed by atoms with E-state index in [2.05, 4.69) is 29.2 Å². The molecule has 0 saturated carbocycles. The maximum absolute atomic E-state index is 14.6. The van der Waals surface area contributed by atoms with Crippen LogP contribution in [0.15, 0.2) is 84.4 Å². The Morgan fingerprint density at radius 2 is 1.58 bits per heavy atom. The zero-order valence-electron chi connectivity index (χ0n) is 25.8. The Morgan fingerprint density at radius 3 is 2.27 bits per heavy atom.